The third-order valence-corrected chi connectivity index (χ3v) is 4.97. The van der Waals surface area contributed by atoms with E-state index in [2.05, 4.69) is 17.0 Å². The molecule has 2 N–H and O–H groups in total. The van der Waals surface area contributed by atoms with Gasteiger partial charge < -0.3 is 20.1 Å². The average molecular weight is 420 g/mol. The van der Waals surface area contributed by atoms with E-state index in [4.69, 9.17) is 15.2 Å². The van der Waals surface area contributed by atoms with Gasteiger partial charge in [-0.05, 0) is 37.5 Å². The molecule has 0 radical (unpaired) electrons. The van der Waals surface area contributed by atoms with Gasteiger partial charge in [-0.3, -0.25) is 9.69 Å². The van der Waals surface area contributed by atoms with Crippen molar-refractivity contribution in [2.45, 2.75) is 38.5 Å². The number of carbonyl (C=O) groups excluding carboxylic acids is 1. The number of nitrogens with zero attached hydrogens (tertiary/aromatic N) is 2. The van der Waals surface area contributed by atoms with Gasteiger partial charge in [-0.25, -0.2) is 0 Å². The monoisotopic (exact) mass is 419 g/mol. The third-order valence-electron chi connectivity index (χ3n) is 4.97. The molecule has 0 spiro atoms. The fourth-order valence-electron chi connectivity index (χ4n) is 3.51. The Hall–Kier alpha value is -1.05. The largest absolute Gasteiger partial charge is 0.494 e. The van der Waals surface area contributed by atoms with Crippen molar-refractivity contribution >= 4 is 30.7 Å². The molecule has 2 aliphatic heterocycles. The minimum Gasteiger partial charge on any atom is -0.494 e. The number of halogens is 2. The van der Waals surface area contributed by atoms with Crippen LogP contribution < -0.4 is 10.5 Å². The quantitative estimate of drug-likeness (QED) is 0.764. The number of piperazine rings is 1. The normalized spacial score (nSPS) is 22.7. The number of benzene rings is 1. The predicted octanol–water partition coefficient (Wildman–Crippen LogP) is 2.08. The smallest absolute Gasteiger partial charge is 0.251 e. The van der Waals surface area contributed by atoms with Gasteiger partial charge in [0.2, 0.25) is 0 Å². The number of ether oxygens (including phenoxy) is 2. The van der Waals surface area contributed by atoms with Crippen LogP contribution in [0.2, 0.25) is 0 Å². The Morgan fingerprint density at radius 1 is 1.15 bits per heavy atom. The molecule has 2 fully saturated rings. The van der Waals surface area contributed by atoms with Crippen LogP contribution >= 0.6 is 24.8 Å². The molecule has 3 rings (SSSR count). The number of carbonyl (C=O) groups is 1. The number of nitrogens with two attached hydrogens (primary N) is 1. The number of amides is 1. The molecule has 1 aromatic carbocycles. The number of hydrogen-bond donors (Lipinski definition) is 1. The zero-order chi connectivity index (χ0) is 17.6. The van der Waals surface area contributed by atoms with Gasteiger partial charge in [0, 0.05) is 39.3 Å². The third kappa shape index (κ3) is 6.50. The SMILES string of the molecule is CCOc1ccc(CN2CCN(C(=O)[C@@H]3CC[C@H](CN)O3)CC2)cc1.Cl.Cl. The van der Waals surface area contributed by atoms with E-state index in [1.165, 1.54) is 5.56 Å². The summed E-state index contributed by atoms with van der Waals surface area (Å²) in [5, 5.41) is 0. The van der Waals surface area contributed by atoms with Gasteiger partial charge >= 0.3 is 0 Å². The summed E-state index contributed by atoms with van der Waals surface area (Å²) in [5.41, 5.74) is 6.90. The molecule has 6 nitrogen and oxygen atoms in total. The van der Waals surface area contributed by atoms with E-state index in [0.29, 0.717) is 13.2 Å². The first-order chi connectivity index (χ1) is 12.2. The Morgan fingerprint density at radius 3 is 2.37 bits per heavy atom. The minimum atomic E-state index is -0.286. The molecule has 154 valence electrons. The van der Waals surface area contributed by atoms with Gasteiger partial charge in [-0.15, -0.1) is 24.8 Å². The van der Waals surface area contributed by atoms with Crippen LogP contribution in [0.25, 0.3) is 0 Å². The lowest BCUT2D eigenvalue weighted by atomic mass is 10.1. The number of hydrogen-bond acceptors (Lipinski definition) is 5. The van der Waals surface area contributed by atoms with E-state index in [0.717, 1.165) is 51.3 Å². The molecule has 0 saturated carbocycles. The summed E-state index contributed by atoms with van der Waals surface area (Å²) in [6, 6.07) is 8.26. The highest BCUT2D eigenvalue weighted by molar-refractivity contribution is 5.85. The van der Waals surface area contributed by atoms with Crippen LogP contribution in [-0.2, 0) is 16.1 Å². The van der Waals surface area contributed by atoms with Gasteiger partial charge in [-0.1, -0.05) is 12.1 Å². The van der Waals surface area contributed by atoms with Crippen molar-refractivity contribution in [3.63, 3.8) is 0 Å². The van der Waals surface area contributed by atoms with Crippen LogP contribution in [0.1, 0.15) is 25.3 Å². The Kier molecular flexibility index (Phi) is 10.4. The van der Waals surface area contributed by atoms with Crippen LogP contribution in [0.3, 0.4) is 0 Å². The van der Waals surface area contributed by atoms with Gasteiger partial charge in [0.25, 0.3) is 5.91 Å². The highest BCUT2D eigenvalue weighted by Gasteiger charge is 2.34. The van der Waals surface area contributed by atoms with Gasteiger partial charge in [0.1, 0.15) is 11.9 Å². The molecule has 8 heteroatoms. The van der Waals surface area contributed by atoms with E-state index in [1.807, 2.05) is 24.0 Å². The Balaban J connectivity index is 0.00000182. The van der Waals surface area contributed by atoms with Gasteiger partial charge in [0.15, 0.2) is 0 Å². The molecule has 2 heterocycles. The molecule has 0 aliphatic carbocycles. The summed E-state index contributed by atoms with van der Waals surface area (Å²) in [4.78, 5) is 16.9. The van der Waals surface area contributed by atoms with Crippen molar-refractivity contribution in [3.8, 4) is 5.75 Å². The van der Waals surface area contributed by atoms with Crippen LogP contribution in [0, 0.1) is 0 Å². The van der Waals surface area contributed by atoms with Crippen molar-refractivity contribution < 1.29 is 14.3 Å². The Morgan fingerprint density at radius 2 is 1.81 bits per heavy atom. The zero-order valence-corrected chi connectivity index (χ0v) is 17.5. The Bertz CT molecular complexity index is 566. The van der Waals surface area contributed by atoms with Crippen molar-refractivity contribution in [2.24, 2.45) is 5.73 Å². The summed E-state index contributed by atoms with van der Waals surface area (Å²) in [6.07, 6.45) is 1.46. The van der Waals surface area contributed by atoms with Crippen molar-refractivity contribution in [1.29, 1.82) is 0 Å². The molecule has 1 amide bonds. The first-order valence-electron chi connectivity index (χ1n) is 9.28. The lowest BCUT2D eigenvalue weighted by molar-refractivity contribution is -0.144. The maximum Gasteiger partial charge on any atom is 0.251 e. The molecule has 27 heavy (non-hydrogen) atoms. The second-order valence-corrected chi connectivity index (χ2v) is 6.74. The standard InChI is InChI=1S/C19H29N3O3.2ClH/c1-2-24-16-5-3-15(4-6-16)14-21-9-11-22(12-10-21)19(23)18-8-7-17(13-20)25-18;;/h3-6,17-18H,2,7-14,20H2,1H3;2*1H/t17-,18+;;/m1../s1. The van der Waals surface area contributed by atoms with Crippen LogP contribution in [-0.4, -0.2) is 67.2 Å². The number of rotatable bonds is 6. The van der Waals surface area contributed by atoms with Crippen molar-refractivity contribution in [1.82, 2.24) is 9.80 Å². The van der Waals surface area contributed by atoms with E-state index >= 15 is 0 Å². The summed E-state index contributed by atoms with van der Waals surface area (Å²) >= 11 is 0. The molecular formula is C19H31Cl2N3O3. The fourth-order valence-corrected chi connectivity index (χ4v) is 3.51. The van der Waals surface area contributed by atoms with Crippen molar-refractivity contribution in [3.05, 3.63) is 29.8 Å². The lowest BCUT2D eigenvalue weighted by Crippen LogP contribution is -2.51. The predicted molar refractivity (Wildman–Crippen MR) is 111 cm³/mol. The molecule has 2 aliphatic rings. The first-order valence-corrected chi connectivity index (χ1v) is 9.28. The second kappa shape index (κ2) is 11.7. The molecule has 0 unspecified atom stereocenters. The van der Waals surface area contributed by atoms with E-state index in [9.17, 15) is 4.79 Å². The highest BCUT2D eigenvalue weighted by Crippen LogP contribution is 2.21. The summed E-state index contributed by atoms with van der Waals surface area (Å²) in [7, 11) is 0. The molecule has 1 aromatic rings. The van der Waals surface area contributed by atoms with Crippen LogP contribution in [0.15, 0.2) is 24.3 Å². The lowest BCUT2D eigenvalue weighted by Gasteiger charge is -2.35. The van der Waals surface area contributed by atoms with Gasteiger partial charge in [-0.2, -0.15) is 0 Å². The van der Waals surface area contributed by atoms with Crippen LogP contribution in [0.4, 0.5) is 0 Å². The van der Waals surface area contributed by atoms with Gasteiger partial charge in [0.05, 0.1) is 12.7 Å². The van der Waals surface area contributed by atoms with Crippen molar-refractivity contribution in [2.75, 3.05) is 39.3 Å². The summed E-state index contributed by atoms with van der Waals surface area (Å²) < 4.78 is 11.2. The summed E-state index contributed by atoms with van der Waals surface area (Å²) in [6.45, 7) is 7.40. The molecular weight excluding hydrogens is 389 g/mol. The van der Waals surface area contributed by atoms with E-state index in [-0.39, 0.29) is 42.9 Å². The molecule has 2 atom stereocenters. The first kappa shape index (κ1) is 24.0. The highest BCUT2D eigenvalue weighted by atomic mass is 35.5. The molecule has 0 bridgehead atoms. The van der Waals surface area contributed by atoms with E-state index < -0.39 is 0 Å². The van der Waals surface area contributed by atoms with Crippen LogP contribution in [0.5, 0.6) is 5.75 Å². The minimum absolute atomic E-state index is 0. The Labute approximate surface area is 174 Å². The molecule has 2 saturated heterocycles. The maximum atomic E-state index is 12.6. The second-order valence-electron chi connectivity index (χ2n) is 6.74. The maximum absolute atomic E-state index is 12.6. The molecule has 0 aromatic heterocycles. The van der Waals surface area contributed by atoms with E-state index in [1.54, 1.807) is 0 Å². The topological polar surface area (TPSA) is 68.0 Å². The summed E-state index contributed by atoms with van der Waals surface area (Å²) in [5.74, 6) is 1.05. The average Bonchev–Trinajstić information content (AvgIpc) is 3.13. The fraction of sp³-hybridized carbons (Fsp3) is 0.632. The zero-order valence-electron chi connectivity index (χ0n) is 15.8.